The van der Waals surface area contributed by atoms with Crippen LogP contribution in [0, 0.1) is 0 Å². The normalized spacial score (nSPS) is 10.6. The van der Waals surface area contributed by atoms with Crippen LogP contribution in [-0.2, 0) is 7.05 Å². The Kier molecular flexibility index (Phi) is 1.06. The molecule has 0 spiro atoms. The molecular weight excluding hydrogens is 142 g/mol. The zero-order valence-corrected chi connectivity index (χ0v) is 6.02. The number of aryl methyl sites for hydroxylation is 1. The molecule has 11 heavy (non-hydrogen) atoms. The van der Waals surface area contributed by atoms with E-state index in [9.17, 15) is 0 Å². The van der Waals surface area contributed by atoms with Crippen LogP contribution in [0.25, 0.3) is 11.0 Å². The second-order valence-electron chi connectivity index (χ2n) is 2.27. The quantitative estimate of drug-likeness (QED) is 0.570. The predicted molar refractivity (Wildman–Crippen MR) is 40.7 cm³/mol. The smallest absolute Gasteiger partial charge is 0.172 e. The maximum Gasteiger partial charge on any atom is 0.172 e. The van der Waals surface area contributed by atoms with Crippen LogP contribution in [0.2, 0.25) is 0 Å². The summed E-state index contributed by atoms with van der Waals surface area (Å²) in [5.74, 6) is 0.449. The molecule has 5 nitrogen and oxygen atoms in total. The highest BCUT2D eigenvalue weighted by molar-refractivity contribution is 5.83. The lowest BCUT2D eigenvalue weighted by Gasteiger charge is -1.88. The Morgan fingerprint density at radius 2 is 2.36 bits per heavy atom. The van der Waals surface area contributed by atoms with Crippen molar-refractivity contribution in [2.24, 2.45) is 7.05 Å². The van der Waals surface area contributed by atoms with Crippen LogP contribution < -0.4 is 5.73 Å². The Morgan fingerprint density at radius 1 is 1.55 bits per heavy atom. The van der Waals surface area contributed by atoms with E-state index < -0.39 is 0 Å². The van der Waals surface area contributed by atoms with E-state index in [-0.39, 0.29) is 0 Å². The molecule has 5 heteroatoms. The third kappa shape index (κ3) is 0.739. The van der Waals surface area contributed by atoms with Crippen molar-refractivity contribution >= 4 is 16.9 Å². The summed E-state index contributed by atoms with van der Waals surface area (Å²) >= 11 is 0. The van der Waals surface area contributed by atoms with Gasteiger partial charge in [0.05, 0.1) is 6.20 Å². The summed E-state index contributed by atoms with van der Waals surface area (Å²) in [7, 11) is 1.81. The SMILES string of the molecule is Cn1nc(N)c2ncncc21. The average molecular weight is 149 g/mol. The first-order valence-corrected chi connectivity index (χ1v) is 3.17. The van der Waals surface area contributed by atoms with E-state index in [4.69, 9.17) is 5.73 Å². The molecule has 0 radical (unpaired) electrons. The number of rotatable bonds is 0. The van der Waals surface area contributed by atoms with Crippen LogP contribution in [0.15, 0.2) is 12.5 Å². The highest BCUT2D eigenvalue weighted by Crippen LogP contribution is 2.13. The Balaban J connectivity index is 2.95. The predicted octanol–water partition coefficient (Wildman–Crippen LogP) is -0.0545. The van der Waals surface area contributed by atoms with E-state index in [0.29, 0.717) is 11.3 Å². The molecule has 0 aliphatic carbocycles. The maximum atomic E-state index is 5.55. The lowest BCUT2D eigenvalue weighted by Crippen LogP contribution is -1.91. The Hall–Kier alpha value is -1.65. The molecule has 0 atom stereocenters. The Labute approximate surface area is 62.9 Å². The average Bonchev–Trinajstić information content (AvgIpc) is 2.30. The van der Waals surface area contributed by atoms with Gasteiger partial charge in [-0.05, 0) is 0 Å². The molecule has 0 bridgehead atoms. The van der Waals surface area contributed by atoms with E-state index in [2.05, 4.69) is 15.1 Å². The molecule has 0 aliphatic heterocycles. The minimum absolute atomic E-state index is 0.449. The number of fused-ring (bicyclic) bond motifs is 1. The summed E-state index contributed by atoms with van der Waals surface area (Å²) in [4.78, 5) is 7.84. The van der Waals surface area contributed by atoms with Crippen molar-refractivity contribution < 1.29 is 0 Å². The molecule has 0 amide bonds. The van der Waals surface area contributed by atoms with Gasteiger partial charge in [0.25, 0.3) is 0 Å². The van der Waals surface area contributed by atoms with Gasteiger partial charge in [-0.25, -0.2) is 9.97 Å². The summed E-state index contributed by atoms with van der Waals surface area (Å²) in [5.41, 5.74) is 7.12. The van der Waals surface area contributed by atoms with Gasteiger partial charge in [-0.1, -0.05) is 0 Å². The van der Waals surface area contributed by atoms with Crippen LogP contribution in [0.3, 0.4) is 0 Å². The number of nitrogen functional groups attached to an aromatic ring is 1. The van der Waals surface area contributed by atoms with Gasteiger partial charge in [0.2, 0.25) is 0 Å². The molecule has 0 saturated heterocycles. The largest absolute Gasteiger partial charge is 0.380 e. The second kappa shape index (κ2) is 1.91. The van der Waals surface area contributed by atoms with Gasteiger partial charge in [-0.15, -0.1) is 0 Å². The highest BCUT2D eigenvalue weighted by atomic mass is 15.3. The number of nitrogens with two attached hydrogens (primary N) is 1. The van der Waals surface area contributed by atoms with Crippen molar-refractivity contribution in [1.29, 1.82) is 0 Å². The van der Waals surface area contributed by atoms with Crippen LogP contribution >= 0.6 is 0 Å². The number of anilines is 1. The molecule has 0 fully saturated rings. The maximum absolute atomic E-state index is 5.55. The molecule has 2 rings (SSSR count). The van der Waals surface area contributed by atoms with Gasteiger partial charge < -0.3 is 5.73 Å². The summed E-state index contributed by atoms with van der Waals surface area (Å²) in [6.45, 7) is 0. The van der Waals surface area contributed by atoms with Gasteiger partial charge in [0, 0.05) is 7.05 Å². The van der Waals surface area contributed by atoms with Crippen LogP contribution in [-0.4, -0.2) is 19.7 Å². The summed E-state index contributed by atoms with van der Waals surface area (Å²) in [6.07, 6.45) is 3.14. The standard InChI is InChI=1S/C6H7N5/c1-11-4-2-8-3-9-5(4)6(7)10-11/h2-3H,1H3,(H2,7,10). The van der Waals surface area contributed by atoms with Gasteiger partial charge >= 0.3 is 0 Å². The first-order chi connectivity index (χ1) is 5.29. The fourth-order valence-corrected chi connectivity index (χ4v) is 1.02. The Morgan fingerprint density at radius 3 is 3.09 bits per heavy atom. The molecule has 56 valence electrons. The molecular formula is C6H7N5. The summed E-state index contributed by atoms with van der Waals surface area (Å²) in [6, 6.07) is 0. The lowest BCUT2D eigenvalue weighted by atomic mass is 10.4. The first-order valence-electron chi connectivity index (χ1n) is 3.17. The number of nitrogens with zero attached hydrogens (tertiary/aromatic N) is 4. The van der Waals surface area contributed by atoms with Crippen molar-refractivity contribution in [3.63, 3.8) is 0 Å². The van der Waals surface area contributed by atoms with E-state index >= 15 is 0 Å². The van der Waals surface area contributed by atoms with Crippen LogP contribution in [0.5, 0.6) is 0 Å². The number of hydrogen-bond donors (Lipinski definition) is 1. The lowest BCUT2D eigenvalue weighted by molar-refractivity contribution is 0.800. The van der Waals surface area contributed by atoms with E-state index in [1.165, 1.54) is 6.33 Å². The van der Waals surface area contributed by atoms with Crippen molar-refractivity contribution in [3.05, 3.63) is 12.5 Å². The monoisotopic (exact) mass is 149 g/mol. The minimum Gasteiger partial charge on any atom is -0.380 e. The molecule has 2 N–H and O–H groups in total. The van der Waals surface area contributed by atoms with Crippen molar-refractivity contribution in [3.8, 4) is 0 Å². The van der Waals surface area contributed by atoms with Gasteiger partial charge in [-0.2, -0.15) is 5.10 Å². The van der Waals surface area contributed by atoms with Gasteiger partial charge in [0.1, 0.15) is 17.4 Å². The third-order valence-electron chi connectivity index (χ3n) is 1.54. The van der Waals surface area contributed by atoms with Crippen molar-refractivity contribution in [2.75, 3.05) is 5.73 Å². The van der Waals surface area contributed by atoms with E-state index in [0.717, 1.165) is 5.52 Å². The summed E-state index contributed by atoms with van der Waals surface area (Å²) < 4.78 is 1.66. The topological polar surface area (TPSA) is 69.6 Å². The molecule has 0 saturated carbocycles. The minimum atomic E-state index is 0.449. The fourth-order valence-electron chi connectivity index (χ4n) is 1.02. The number of aromatic nitrogens is 4. The van der Waals surface area contributed by atoms with E-state index in [1.807, 2.05) is 7.05 Å². The zero-order chi connectivity index (χ0) is 7.84. The van der Waals surface area contributed by atoms with Crippen LogP contribution in [0.1, 0.15) is 0 Å². The highest BCUT2D eigenvalue weighted by Gasteiger charge is 2.04. The molecule has 2 aromatic heterocycles. The second-order valence-corrected chi connectivity index (χ2v) is 2.27. The molecule has 0 aromatic carbocycles. The molecule has 0 aliphatic rings. The summed E-state index contributed by atoms with van der Waals surface area (Å²) in [5, 5.41) is 3.98. The zero-order valence-electron chi connectivity index (χ0n) is 6.02. The van der Waals surface area contributed by atoms with Crippen molar-refractivity contribution in [1.82, 2.24) is 19.7 Å². The Bertz CT molecular complexity index is 355. The van der Waals surface area contributed by atoms with Gasteiger partial charge in [0.15, 0.2) is 5.82 Å². The van der Waals surface area contributed by atoms with Crippen LogP contribution in [0.4, 0.5) is 5.82 Å². The molecule has 0 unspecified atom stereocenters. The van der Waals surface area contributed by atoms with Gasteiger partial charge in [-0.3, -0.25) is 4.68 Å². The molecule has 2 aromatic rings. The van der Waals surface area contributed by atoms with E-state index in [1.54, 1.807) is 10.9 Å². The fraction of sp³-hybridized carbons (Fsp3) is 0.167. The number of hydrogen-bond acceptors (Lipinski definition) is 4. The molecule has 2 heterocycles. The first kappa shape index (κ1) is 6.09. The van der Waals surface area contributed by atoms with Crippen molar-refractivity contribution in [2.45, 2.75) is 0 Å². The third-order valence-corrected chi connectivity index (χ3v) is 1.54.